The predicted molar refractivity (Wildman–Crippen MR) is 122 cm³/mol. The molecule has 6 rings (SSSR count). The van der Waals surface area contributed by atoms with E-state index in [4.69, 9.17) is 11.5 Å². The molecule has 3 aromatic heterocycles. The second kappa shape index (κ2) is 7.24. The van der Waals surface area contributed by atoms with Crippen molar-refractivity contribution in [2.45, 2.75) is 38.3 Å². The number of nitrogen functional groups attached to an aromatic ring is 1. The number of anilines is 3. The molecule has 3 aromatic rings. The highest BCUT2D eigenvalue weighted by molar-refractivity contribution is 7.09. The van der Waals surface area contributed by atoms with Gasteiger partial charge in [0, 0.05) is 43.2 Å². The molecule has 1 atom stereocenters. The smallest absolute Gasteiger partial charge is 0.281 e. The van der Waals surface area contributed by atoms with Crippen LogP contribution in [0.15, 0.2) is 24.0 Å². The van der Waals surface area contributed by atoms with Crippen molar-refractivity contribution in [3.63, 3.8) is 0 Å². The Balaban J connectivity index is 1.18. The highest BCUT2D eigenvalue weighted by Gasteiger charge is 2.47. The van der Waals surface area contributed by atoms with Crippen molar-refractivity contribution in [3.8, 4) is 0 Å². The average molecular weight is 452 g/mol. The predicted octanol–water partition coefficient (Wildman–Crippen LogP) is 1.60. The van der Waals surface area contributed by atoms with E-state index in [0.29, 0.717) is 12.4 Å². The molecule has 1 unspecified atom stereocenters. The van der Waals surface area contributed by atoms with Gasteiger partial charge in [0.15, 0.2) is 11.5 Å². The third kappa shape index (κ3) is 2.91. The zero-order valence-corrected chi connectivity index (χ0v) is 18.5. The monoisotopic (exact) mass is 451 g/mol. The average Bonchev–Trinajstić information content (AvgIpc) is 3.52. The Labute approximate surface area is 189 Å². The van der Waals surface area contributed by atoms with Gasteiger partial charge in [0.25, 0.3) is 5.91 Å². The highest BCUT2D eigenvalue weighted by Crippen LogP contribution is 2.51. The second-order valence-corrected chi connectivity index (χ2v) is 9.74. The molecule has 1 saturated heterocycles. The molecule has 3 aliphatic rings. The van der Waals surface area contributed by atoms with Crippen molar-refractivity contribution >= 4 is 34.7 Å². The first-order chi connectivity index (χ1) is 15.6. The van der Waals surface area contributed by atoms with Gasteiger partial charge >= 0.3 is 0 Å². The van der Waals surface area contributed by atoms with Crippen molar-refractivity contribution < 1.29 is 4.79 Å². The minimum absolute atomic E-state index is 0.0567. The molecule has 166 valence electrons. The Bertz CT molecular complexity index is 1180. The van der Waals surface area contributed by atoms with Crippen molar-refractivity contribution in [1.29, 1.82) is 0 Å². The van der Waals surface area contributed by atoms with E-state index in [2.05, 4.69) is 25.0 Å². The molecule has 1 aliphatic carbocycles. The lowest BCUT2D eigenvalue weighted by Crippen LogP contribution is -2.44. The zero-order chi connectivity index (χ0) is 21.9. The van der Waals surface area contributed by atoms with Gasteiger partial charge in [-0.25, -0.2) is 19.6 Å². The van der Waals surface area contributed by atoms with Crippen LogP contribution in [-0.4, -0.2) is 50.3 Å². The summed E-state index contributed by atoms with van der Waals surface area (Å²) < 4.78 is 1.82. The third-order valence-electron chi connectivity index (χ3n) is 7.17. The SMILES string of the molecule is Nc1nc(N2CCC3(CC2)Cc2ncsc2C3N)cnc1C(=O)N1CCCn2nccc21. The van der Waals surface area contributed by atoms with Crippen LogP contribution >= 0.6 is 11.3 Å². The van der Waals surface area contributed by atoms with E-state index in [9.17, 15) is 4.79 Å². The number of rotatable bonds is 2. The van der Waals surface area contributed by atoms with Crippen LogP contribution < -0.4 is 21.3 Å². The topological polar surface area (TPSA) is 132 Å². The first kappa shape index (κ1) is 19.6. The number of carbonyl (C=O) groups excluding carboxylic acids is 1. The molecule has 4 N–H and O–H groups in total. The fourth-order valence-electron chi connectivity index (χ4n) is 5.32. The molecule has 5 heterocycles. The van der Waals surface area contributed by atoms with Gasteiger partial charge < -0.3 is 16.4 Å². The lowest BCUT2D eigenvalue weighted by molar-refractivity contribution is 0.0977. The van der Waals surface area contributed by atoms with Crippen molar-refractivity contribution in [2.75, 3.05) is 35.2 Å². The van der Waals surface area contributed by atoms with Crippen LogP contribution in [0.25, 0.3) is 0 Å². The molecule has 1 spiro atoms. The number of thiazole rings is 1. The van der Waals surface area contributed by atoms with Crippen LogP contribution in [0.5, 0.6) is 0 Å². The summed E-state index contributed by atoms with van der Waals surface area (Å²) in [5.41, 5.74) is 16.2. The summed E-state index contributed by atoms with van der Waals surface area (Å²) in [6.07, 6.45) is 7.10. The van der Waals surface area contributed by atoms with Gasteiger partial charge in [-0.1, -0.05) is 0 Å². The van der Waals surface area contributed by atoms with Gasteiger partial charge in [0.2, 0.25) is 0 Å². The number of amides is 1. The maximum atomic E-state index is 13.1. The minimum atomic E-state index is -0.240. The number of nitrogens with zero attached hydrogens (tertiary/aromatic N) is 7. The first-order valence-electron chi connectivity index (χ1n) is 10.9. The number of aromatic nitrogens is 5. The van der Waals surface area contributed by atoms with Crippen molar-refractivity contribution in [2.24, 2.45) is 11.1 Å². The number of nitrogens with two attached hydrogens (primary N) is 2. The van der Waals surface area contributed by atoms with E-state index in [1.165, 1.54) is 10.6 Å². The minimum Gasteiger partial charge on any atom is -0.382 e. The number of fused-ring (bicyclic) bond motifs is 2. The van der Waals surface area contributed by atoms with Gasteiger partial charge in [-0.2, -0.15) is 5.10 Å². The van der Waals surface area contributed by atoms with E-state index >= 15 is 0 Å². The largest absolute Gasteiger partial charge is 0.382 e. The summed E-state index contributed by atoms with van der Waals surface area (Å²) in [4.78, 5) is 31.7. The molecule has 0 aromatic carbocycles. The third-order valence-corrected chi connectivity index (χ3v) is 8.13. The van der Waals surface area contributed by atoms with Crippen LogP contribution in [0.3, 0.4) is 0 Å². The molecule has 0 radical (unpaired) electrons. The summed E-state index contributed by atoms with van der Waals surface area (Å²) >= 11 is 1.67. The van der Waals surface area contributed by atoms with E-state index in [1.807, 2.05) is 16.3 Å². The van der Waals surface area contributed by atoms with Crippen molar-refractivity contribution in [3.05, 3.63) is 40.2 Å². The normalized spacial score (nSPS) is 21.6. The fourth-order valence-corrected chi connectivity index (χ4v) is 6.27. The Kier molecular flexibility index (Phi) is 4.44. The molecule has 0 saturated carbocycles. The molecule has 32 heavy (non-hydrogen) atoms. The fraction of sp³-hybridized carbons (Fsp3) is 0.476. The molecular weight excluding hydrogens is 426 g/mol. The van der Waals surface area contributed by atoms with Crippen LogP contribution in [-0.2, 0) is 13.0 Å². The van der Waals surface area contributed by atoms with Gasteiger partial charge in [0.05, 0.1) is 23.6 Å². The van der Waals surface area contributed by atoms with Crippen LogP contribution in [0.4, 0.5) is 17.5 Å². The highest BCUT2D eigenvalue weighted by atomic mass is 32.1. The van der Waals surface area contributed by atoms with E-state index < -0.39 is 0 Å². The Morgan fingerprint density at radius 3 is 2.81 bits per heavy atom. The molecule has 11 heteroatoms. The van der Waals surface area contributed by atoms with Gasteiger partial charge in [-0.05, 0) is 31.1 Å². The number of hydrogen-bond acceptors (Lipinski definition) is 9. The van der Waals surface area contributed by atoms with Crippen LogP contribution in [0.2, 0.25) is 0 Å². The molecule has 10 nitrogen and oxygen atoms in total. The van der Waals surface area contributed by atoms with Crippen LogP contribution in [0, 0.1) is 5.41 Å². The van der Waals surface area contributed by atoms with Crippen molar-refractivity contribution in [1.82, 2.24) is 24.7 Å². The van der Waals surface area contributed by atoms with Crippen LogP contribution in [0.1, 0.15) is 46.4 Å². The zero-order valence-electron chi connectivity index (χ0n) is 17.6. The lowest BCUT2D eigenvalue weighted by atomic mass is 9.74. The lowest BCUT2D eigenvalue weighted by Gasteiger charge is -2.42. The Morgan fingerprint density at radius 1 is 1.19 bits per heavy atom. The number of piperidine rings is 1. The summed E-state index contributed by atoms with van der Waals surface area (Å²) in [6, 6.07) is 1.89. The van der Waals surface area contributed by atoms with Gasteiger partial charge in [0.1, 0.15) is 11.6 Å². The summed E-state index contributed by atoms with van der Waals surface area (Å²) in [5.74, 6) is 1.39. The maximum Gasteiger partial charge on any atom is 0.281 e. The number of hydrogen-bond donors (Lipinski definition) is 2. The molecule has 0 bridgehead atoms. The number of carbonyl (C=O) groups is 1. The van der Waals surface area contributed by atoms with E-state index in [1.54, 1.807) is 28.6 Å². The van der Waals surface area contributed by atoms with Gasteiger partial charge in [-0.15, -0.1) is 11.3 Å². The first-order valence-corrected chi connectivity index (χ1v) is 11.8. The second-order valence-electron chi connectivity index (χ2n) is 8.85. The molecule has 1 fully saturated rings. The number of aryl methyl sites for hydroxylation is 1. The van der Waals surface area contributed by atoms with E-state index in [-0.39, 0.29) is 28.9 Å². The quantitative estimate of drug-likeness (QED) is 0.600. The Morgan fingerprint density at radius 2 is 2.03 bits per heavy atom. The standard InChI is InChI=1S/C21H25N9OS/c22-18-17-13(25-12-32-17)10-21(18)3-8-28(9-4-21)14-11-24-16(19(23)27-14)20(31)29-6-1-7-30-15(29)2-5-26-30/h2,5,11-12,18H,1,3-4,6-10,22H2,(H2,23,27). The van der Waals surface area contributed by atoms with Gasteiger partial charge in [-0.3, -0.25) is 9.69 Å². The van der Waals surface area contributed by atoms with E-state index in [0.717, 1.165) is 51.1 Å². The summed E-state index contributed by atoms with van der Waals surface area (Å²) in [6.45, 7) is 3.07. The maximum absolute atomic E-state index is 13.1. The molecule has 1 amide bonds. The summed E-state index contributed by atoms with van der Waals surface area (Å²) in [7, 11) is 0. The molecule has 2 aliphatic heterocycles. The summed E-state index contributed by atoms with van der Waals surface area (Å²) in [5, 5.41) is 4.26. The Hall–Kier alpha value is -3.05. The molecular formula is C21H25N9OS.